The first-order valence-corrected chi connectivity index (χ1v) is 9.29. The molecule has 2 aliphatic rings. The van der Waals surface area contributed by atoms with E-state index in [1.54, 1.807) is 11.3 Å². The van der Waals surface area contributed by atoms with Crippen LogP contribution in [0.25, 0.3) is 0 Å². The summed E-state index contributed by atoms with van der Waals surface area (Å²) in [4.78, 5) is 18.7. The Bertz CT molecular complexity index is 697. The fourth-order valence-electron chi connectivity index (χ4n) is 3.95. The monoisotopic (exact) mass is 326 g/mol. The Kier molecular flexibility index (Phi) is 3.85. The Balaban J connectivity index is 1.52. The average molecular weight is 326 g/mol. The first kappa shape index (κ1) is 14.8. The van der Waals surface area contributed by atoms with Crippen LogP contribution in [-0.4, -0.2) is 29.9 Å². The number of amides is 1. The van der Waals surface area contributed by atoms with Gasteiger partial charge in [-0.1, -0.05) is 24.3 Å². The second-order valence-electron chi connectivity index (χ2n) is 6.57. The van der Waals surface area contributed by atoms with Crippen LogP contribution in [0.5, 0.6) is 0 Å². The molecule has 1 aromatic carbocycles. The number of para-hydroxylation sites is 1. The molecule has 1 saturated heterocycles. The van der Waals surface area contributed by atoms with Crippen LogP contribution in [0.2, 0.25) is 0 Å². The normalized spacial score (nSPS) is 23.3. The zero-order valence-corrected chi connectivity index (χ0v) is 14.3. The molecule has 2 aromatic rings. The van der Waals surface area contributed by atoms with Crippen LogP contribution >= 0.6 is 11.3 Å². The van der Waals surface area contributed by atoms with Crippen molar-refractivity contribution in [3.63, 3.8) is 0 Å². The minimum atomic E-state index is 0.268. The number of hydrogen-bond donors (Lipinski definition) is 0. The second-order valence-corrected chi connectivity index (χ2v) is 7.55. The van der Waals surface area contributed by atoms with Gasteiger partial charge in [-0.05, 0) is 49.3 Å². The van der Waals surface area contributed by atoms with Gasteiger partial charge in [0, 0.05) is 23.2 Å². The van der Waals surface area contributed by atoms with Crippen molar-refractivity contribution in [3.8, 4) is 0 Å². The van der Waals surface area contributed by atoms with Crippen molar-refractivity contribution >= 4 is 22.9 Å². The van der Waals surface area contributed by atoms with Gasteiger partial charge in [-0.3, -0.25) is 4.79 Å². The van der Waals surface area contributed by atoms with Crippen LogP contribution in [0.4, 0.5) is 5.69 Å². The highest BCUT2D eigenvalue weighted by molar-refractivity contribution is 7.10. The van der Waals surface area contributed by atoms with Crippen LogP contribution in [0.1, 0.15) is 36.2 Å². The first-order valence-electron chi connectivity index (χ1n) is 8.41. The molecular formula is C19H22N2OS. The molecule has 4 rings (SSSR count). The van der Waals surface area contributed by atoms with Gasteiger partial charge in [0.15, 0.2) is 0 Å². The number of nitrogens with zero attached hydrogens (tertiary/aromatic N) is 2. The van der Waals surface area contributed by atoms with E-state index in [-0.39, 0.29) is 11.9 Å². The van der Waals surface area contributed by atoms with Gasteiger partial charge in [0.1, 0.15) is 0 Å². The largest absolute Gasteiger partial charge is 0.359 e. The number of fused-ring (bicyclic) bond motifs is 1. The number of hydrogen-bond acceptors (Lipinski definition) is 3. The van der Waals surface area contributed by atoms with Gasteiger partial charge in [-0.15, -0.1) is 11.3 Å². The molecule has 1 fully saturated rings. The lowest BCUT2D eigenvalue weighted by molar-refractivity contribution is -0.130. The van der Waals surface area contributed by atoms with Gasteiger partial charge < -0.3 is 9.80 Å². The lowest BCUT2D eigenvalue weighted by Crippen LogP contribution is -2.42. The van der Waals surface area contributed by atoms with E-state index in [1.165, 1.54) is 16.1 Å². The molecule has 23 heavy (non-hydrogen) atoms. The summed E-state index contributed by atoms with van der Waals surface area (Å²) in [5.74, 6) is 0.268. The molecule has 120 valence electrons. The summed E-state index contributed by atoms with van der Waals surface area (Å²) in [6, 6.07) is 13.4. The molecule has 2 atom stereocenters. The van der Waals surface area contributed by atoms with E-state index in [1.807, 2.05) is 0 Å². The third-order valence-electron chi connectivity index (χ3n) is 5.10. The highest BCUT2D eigenvalue weighted by Crippen LogP contribution is 2.36. The number of thiophene rings is 1. The Morgan fingerprint density at radius 1 is 1.26 bits per heavy atom. The molecule has 1 aromatic heterocycles. The molecule has 0 unspecified atom stereocenters. The van der Waals surface area contributed by atoms with Crippen molar-refractivity contribution in [2.75, 3.05) is 18.0 Å². The molecular weight excluding hydrogens is 304 g/mol. The maximum atomic E-state index is 13.0. The molecule has 0 N–H and O–H groups in total. The maximum Gasteiger partial charge on any atom is 0.242 e. The highest BCUT2D eigenvalue weighted by atomic mass is 32.1. The summed E-state index contributed by atoms with van der Waals surface area (Å²) in [7, 11) is 0. The van der Waals surface area contributed by atoms with E-state index < -0.39 is 0 Å². The number of carbonyl (C=O) groups is 1. The Morgan fingerprint density at radius 3 is 2.96 bits per heavy atom. The Hall–Kier alpha value is -1.81. The van der Waals surface area contributed by atoms with E-state index in [9.17, 15) is 4.79 Å². The smallest absolute Gasteiger partial charge is 0.242 e. The average Bonchev–Trinajstić information content (AvgIpc) is 3.26. The highest BCUT2D eigenvalue weighted by Gasteiger charge is 2.34. The third kappa shape index (κ3) is 2.65. The topological polar surface area (TPSA) is 23.6 Å². The lowest BCUT2D eigenvalue weighted by Gasteiger charge is -2.29. The predicted molar refractivity (Wildman–Crippen MR) is 95.0 cm³/mol. The van der Waals surface area contributed by atoms with Crippen molar-refractivity contribution in [3.05, 3.63) is 52.2 Å². The summed E-state index contributed by atoms with van der Waals surface area (Å²) in [6.45, 7) is 3.61. The summed E-state index contributed by atoms with van der Waals surface area (Å²) >= 11 is 1.77. The summed E-state index contributed by atoms with van der Waals surface area (Å²) in [5.41, 5.74) is 2.60. The summed E-state index contributed by atoms with van der Waals surface area (Å²) < 4.78 is 0. The van der Waals surface area contributed by atoms with E-state index in [0.29, 0.717) is 12.6 Å². The van der Waals surface area contributed by atoms with Crippen molar-refractivity contribution in [2.45, 2.75) is 38.3 Å². The minimum Gasteiger partial charge on any atom is -0.359 e. The number of anilines is 1. The molecule has 1 amide bonds. The number of likely N-dealkylation sites (tertiary alicyclic amines) is 1. The third-order valence-corrected chi connectivity index (χ3v) is 6.07. The molecule has 4 heteroatoms. The fraction of sp³-hybridized carbons (Fsp3) is 0.421. The van der Waals surface area contributed by atoms with E-state index in [0.717, 1.165) is 25.8 Å². The van der Waals surface area contributed by atoms with Crippen molar-refractivity contribution < 1.29 is 4.79 Å². The van der Waals surface area contributed by atoms with Crippen LogP contribution in [-0.2, 0) is 11.2 Å². The standard InChI is InChI=1S/C19H22N2OS/c1-14-12-15-6-2-3-7-16(15)21(14)13-19(22)20-10-4-8-17(20)18-9-5-11-23-18/h2-3,5-7,9,11,14,17H,4,8,10,12-13H2,1H3/t14-,17-/m1/s1. The van der Waals surface area contributed by atoms with E-state index >= 15 is 0 Å². The fourth-order valence-corrected chi connectivity index (χ4v) is 4.82. The van der Waals surface area contributed by atoms with Gasteiger partial charge >= 0.3 is 0 Å². The van der Waals surface area contributed by atoms with E-state index in [4.69, 9.17) is 0 Å². The molecule has 0 aliphatic carbocycles. The summed E-state index contributed by atoms with van der Waals surface area (Å²) in [5, 5.41) is 2.11. The number of benzene rings is 1. The van der Waals surface area contributed by atoms with Gasteiger partial charge in [0.2, 0.25) is 5.91 Å². The second kappa shape index (κ2) is 6.00. The summed E-state index contributed by atoms with van der Waals surface area (Å²) in [6.07, 6.45) is 3.25. The Labute approximate surface area is 141 Å². The molecule has 0 bridgehead atoms. The zero-order chi connectivity index (χ0) is 15.8. The van der Waals surface area contributed by atoms with Gasteiger partial charge in [0.25, 0.3) is 0 Å². The van der Waals surface area contributed by atoms with Crippen LogP contribution in [0.3, 0.4) is 0 Å². The first-order chi connectivity index (χ1) is 11.2. The molecule has 3 nitrogen and oxygen atoms in total. The zero-order valence-electron chi connectivity index (χ0n) is 13.4. The SMILES string of the molecule is C[C@@H]1Cc2ccccc2N1CC(=O)N1CCC[C@@H]1c1cccs1. The molecule has 0 saturated carbocycles. The van der Waals surface area contributed by atoms with Gasteiger partial charge in [-0.25, -0.2) is 0 Å². The Morgan fingerprint density at radius 2 is 2.13 bits per heavy atom. The molecule has 0 radical (unpaired) electrons. The quantitative estimate of drug-likeness (QED) is 0.855. The minimum absolute atomic E-state index is 0.268. The molecule has 2 aliphatic heterocycles. The predicted octanol–water partition coefficient (Wildman–Crippen LogP) is 3.86. The van der Waals surface area contributed by atoms with Crippen LogP contribution in [0, 0.1) is 0 Å². The van der Waals surface area contributed by atoms with E-state index in [2.05, 4.69) is 58.5 Å². The van der Waals surface area contributed by atoms with Crippen molar-refractivity contribution in [1.29, 1.82) is 0 Å². The van der Waals surface area contributed by atoms with Crippen molar-refractivity contribution in [1.82, 2.24) is 4.90 Å². The van der Waals surface area contributed by atoms with Gasteiger partial charge in [0.05, 0.1) is 12.6 Å². The number of carbonyl (C=O) groups excluding carboxylic acids is 1. The van der Waals surface area contributed by atoms with Crippen molar-refractivity contribution in [2.24, 2.45) is 0 Å². The van der Waals surface area contributed by atoms with Gasteiger partial charge in [-0.2, -0.15) is 0 Å². The molecule has 0 spiro atoms. The molecule has 3 heterocycles. The van der Waals surface area contributed by atoms with Crippen LogP contribution in [0.15, 0.2) is 41.8 Å². The lowest BCUT2D eigenvalue weighted by atomic mass is 10.1. The van der Waals surface area contributed by atoms with Crippen LogP contribution < -0.4 is 4.90 Å². The maximum absolute atomic E-state index is 13.0. The number of rotatable bonds is 3.